The Bertz CT molecular complexity index is 376. The smallest absolute Gasteiger partial charge is 0.202 e. The standard InChI is InChI=1S/C9H9O2S/c1-8(2)12(10,11)9-6-4-3-5-7-9/h3-7H,1-2H2. The van der Waals surface area contributed by atoms with E-state index in [9.17, 15) is 8.42 Å². The van der Waals surface area contributed by atoms with E-state index >= 15 is 0 Å². The molecule has 0 aliphatic rings. The van der Waals surface area contributed by atoms with Gasteiger partial charge in [-0.2, -0.15) is 0 Å². The zero-order valence-corrected chi connectivity index (χ0v) is 7.34. The molecule has 0 aliphatic heterocycles. The van der Waals surface area contributed by atoms with Crippen molar-refractivity contribution in [2.45, 2.75) is 4.90 Å². The van der Waals surface area contributed by atoms with Crippen molar-refractivity contribution in [1.29, 1.82) is 0 Å². The average Bonchev–Trinajstić information content (AvgIpc) is 2.06. The monoisotopic (exact) mass is 181 g/mol. The minimum absolute atomic E-state index is 0.0753. The maximum Gasteiger partial charge on any atom is 0.202 e. The Morgan fingerprint density at radius 1 is 1.17 bits per heavy atom. The number of sulfone groups is 1. The highest BCUT2D eigenvalue weighted by Crippen LogP contribution is 2.15. The van der Waals surface area contributed by atoms with Gasteiger partial charge in [0.1, 0.15) is 0 Å². The number of allylic oxidation sites excluding steroid dienone is 1. The highest BCUT2D eigenvalue weighted by atomic mass is 32.2. The molecule has 0 bridgehead atoms. The molecular formula is C9H9O2S. The second kappa shape index (κ2) is 3.11. The van der Waals surface area contributed by atoms with Gasteiger partial charge >= 0.3 is 0 Å². The van der Waals surface area contributed by atoms with E-state index in [4.69, 9.17) is 0 Å². The van der Waals surface area contributed by atoms with Crippen LogP contribution < -0.4 is 0 Å². The summed E-state index contributed by atoms with van der Waals surface area (Å²) in [7, 11) is -3.38. The van der Waals surface area contributed by atoms with Crippen molar-refractivity contribution in [2.75, 3.05) is 0 Å². The molecule has 0 atom stereocenters. The molecule has 1 aromatic rings. The van der Waals surface area contributed by atoms with Crippen molar-refractivity contribution >= 4 is 9.84 Å². The zero-order valence-electron chi connectivity index (χ0n) is 6.53. The molecule has 0 fully saturated rings. The first-order valence-electron chi connectivity index (χ1n) is 3.36. The van der Waals surface area contributed by atoms with Crippen molar-refractivity contribution in [2.24, 2.45) is 0 Å². The van der Waals surface area contributed by atoms with Crippen LogP contribution in [0, 0.1) is 6.92 Å². The van der Waals surface area contributed by atoms with Crippen molar-refractivity contribution in [3.63, 3.8) is 0 Å². The molecule has 0 unspecified atom stereocenters. The van der Waals surface area contributed by atoms with Gasteiger partial charge in [0, 0.05) is 4.91 Å². The van der Waals surface area contributed by atoms with Gasteiger partial charge in [0.2, 0.25) is 9.84 Å². The molecule has 0 saturated carbocycles. The lowest BCUT2D eigenvalue weighted by molar-refractivity contribution is 0.603. The SMILES string of the molecule is [CH2]C(=C)S(=O)(=O)c1ccccc1. The molecule has 0 spiro atoms. The Morgan fingerprint density at radius 3 is 2.08 bits per heavy atom. The van der Waals surface area contributed by atoms with Crippen LogP contribution in [0.2, 0.25) is 0 Å². The third-order valence-corrected chi connectivity index (χ3v) is 3.09. The first-order chi connectivity index (χ1) is 5.55. The van der Waals surface area contributed by atoms with Crippen molar-refractivity contribution in [1.82, 2.24) is 0 Å². The summed E-state index contributed by atoms with van der Waals surface area (Å²) in [6, 6.07) is 8.12. The van der Waals surface area contributed by atoms with Gasteiger partial charge in [-0.1, -0.05) is 24.8 Å². The van der Waals surface area contributed by atoms with Crippen molar-refractivity contribution in [3.8, 4) is 0 Å². The van der Waals surface area contributed by atoms with Gasteiger partial charge < -0.3 is 0 Å². The zero-order chi connectivity index (χ0) is 9.19. The van der Waals surface area contributed by atoms with E-state index in [2.05, 4.69) is 13.5 Å². The largest absolute Gasteiger partial charge is 0.219 e. The summed E-state index contributed by atoms with van der Waals surface area (Å²) in [5, 5.41) is 0. The minimum atomic E-state index is -3.38. The Kier molecular flexibility index (Phi) is 2.33. The summed E-state index contributed by atoms with van der Waals surface area (Å²) in [5.41, 5.74) is 0. The van der Waals surface area contributed by atoms with Gasteiger partial charge in [0.15, 0.2) is 0 Å². The van der Waals surface area contributed by atoms with Gasteiger partial charge in [-0.25, -0.2) is 8.42 Å². The predicted octanol–water partition coefficient (Wildman–Crippen LogP) is 1.81. The van der Waals surface area contributed by atoms with Crippen molar-refractivity contribution < 1.29 is 8.42 Å². The quantitative estimate of drug-likeness (QED) is 0.697. The van der Waals surface area contributed by atoms with Crippen LogP contribution in [0.3, 0.4) is 0 Å². The lowest BCUT2D eigenvalue weighted by Crippen LogP contribution is -2.00. The van der Waals surface area contributed by atoms with Crippen LogP contribution in [-0.4, -0.2) is 8.42 Å². The van der Waals surface area contributed by atoms with E-state index in [0.717, 1.165) is 0 Å². The minimum Gasteiger partial charge on any atom is -0.219 e. The fourth-order valence-corrected chi connectivity index (χ4v) is 1.62. The van der Waals surface area contributed by atoms with Crippen LogP contribution in [0.1, 0.15) is 0 Å². The average molecular weight is 181 g/mol. The second-order valence-corrected chi connectivity index (χ2v) is 4.41. The van der Waals surface area contributed by atoms with Crippen LogP contribution in [0.4, 0.5) is 0 Å². The number of rotatable bonds is 2. The highest BCUT2D eigenvalue weighted by Gasteiger charge is 2.13. The topological polar surface area (TPSA) is 34.1 Å². The van der Waals surface area contributed by atoms with E-state index < -0.39 is 9.84 Å². The molecule has 63 valence electrons. The normalized spacial score (nSPS) is 11.1. The number of benzene rings is 1. The first kappa shape index (κ1) is 9.00. The number of hydrogen-bond acceptors (Lipinski definition) is 2. The van der Waals surface area contributed by atoms with E-state index in [0.29, 0.717) is 0 Å². The second-order valence-electron chi connectivity index (χ2n) is 2.36. The van der Waals surface area contributed by atoms with Crippen LogP contribution in [-0.2, 0) is 9.84 Å². The summed E-state index contributed by atoms with van der Waals surface area (Å²) < 4.78 is 22.7. The van der Waals surface area contributed by atoms with Gasteiger partial charge in [-0.15, -0.1) is 0 Å². The molecule has 2 nitrogen and oxygen atoms in total. The summed E-state index contributed by atoms with van der Waals surface area (Å²) in [4.78, 5) is 0.165. The summed E-state index contributed by atoms with van der Waals surface area (Å²) in [6.45, 7) is 6.61. The summed E-state index contributed by atoms with van der Waals surface area (Å²) in [6.07, 6.45) is 0. The van der Waals surface area contributed by atoms with Gasteiger partial charge in [0.25, 0.3) is 0 Å². The third kappa shape index (κ3) is 1.56. The van der Waals surface area contributed by atoms with Gasteiger partial charge in [-0.05, 0) is 19.1 Å². The molecule has 3 heteroatoms. The van der Waals surface area contributed by atoms with E-state index in [1.54, 1.807) is 18.2 Å². The molecule has 0 N–H and O–H groups in total. The fraction of sp³-hybridized carbons (Fsp3) is 0. The Labute approximate surface area is 72.5 Å². The molecule has 12 heavy (non-hydrogen) atoms. The lowest BCUT2D eigenvalue weighted by atomic mass is 10.4. The molecule has 0 saturated heterocycles. The Balaban J connectivity index is 3.26. The Hall–Kier alpha value is -1.09. The van der Waals surface area contributed by atoms with Crippen LogP contribution in [0.15, 0.2) is 46.7 Å². The molecule has 0 aromatic heterocycles. The molecule has 0 heterocycles. The van der Waals surface area contributed by atoms with Gasteiger partial charge in [-0.3, -0.25) is 0 Å². The summed E-state index contributed by atoms with van der Waals surface area (Å²) >= 11 is 0. The molecule has 1 rings (SSSR count). The number of hydrogen-bond donors (Lipinski definition) is 0. The van der Waals surface area contributed by atoms with Crippen LogP contribution in [0.25, 0.3) is 0 Å². The predicted molar refractivity (Wildman–Crippen MR) is 48.1 cm³/mol. The Morgan fingerprint density at radius 2 is 1.67 bits per heavy atom. The molecule has 0 amide bonds. The maximum atomic E-state index is 11.4. The van der Waals surface area contributed by atoms with E-state index in [1.807, 2.05) is 0 Å². The van der Waals surface area contributed by atoms with Gasteiger partial charge in [0.05, 0.1) is 4.90 Å². The van der Waals surface area contributed by atoms with Crippen molar-refractivity contribution in [3.05, 3.63) is 48.7 Å². The van der Waals surface area contributed by atoms with Crippen LogP contribution >= 0.6 is 0 Å². The van der Waals surface area contributed by atoms with E-state index in [-0.39, 0.29) is 9.80 Å². The molecule has 1 radical (unpaired) electrons. The molecule has 1 aromatic carbocycles. The highest BCUT2D eigenvalue weighted by molar-refractivity contribution is 7.95. The molecular weight excluding hydrogens is 172 g/mol. The summed E-state index contributed by atoms with van der Waals surface area (Å²) in [5.74, 6) is 0. The molecule has 0 aliphatic carbocycles. The lowest BCUT2D eigenvalue weighted by Gasteiger charge is -2.00. The third-order valence-electron chi connectivity index (χ3n) is 1.43. The maximum absolute atomic E-state index is 11.4. The fourth-order valence-electron chi connectivity index (χ4n) is 0.766. The van der Waals surface area contributed by atoms with Crippen LogP contribution in [0.5, 0.6) is 0 Å². The first-order valence-corrected chi connectivity index (χ1v) is 4.84. The van der Waals surface area contributed by atoms with E-state index in [1.165, 1.54) is 12.1 Å².